The molecule has 0 radical (unpaired) electrons. The molecule has 0 aromatic carbocycles. The Morgan fingerprint density at radius 1 is 1.39 bits per heavy atom. The molecule has 2 N–H and O–H groups in total. The van der Waals surface area contributed by atoms with Gasteiger partial charge in [-0.15, -0.1) is 0 Å². The van der Waals surface area contributed by atoms with Gasteiger partial charge in [0.2, 0.25) is 5.95 Å². The number of hydrogen-bond donors (Lipinski definition) is 2. The summed E-state index contributed by atoms with van der Waals surface area (Å²) < 4.78 is 0. The van der Waals surface area contributed by atoms with Gasteiger partial charge in [-0.25, -0.2) is 4.98 Å². The molecule has 6 heteroatoms. The summed E-state index contributed by atoms with van der Waals surface area (Å²) in [5.41, 5.74) is 0. The largest absolute Gasteiger partial charge is 0.364 e. The van der Waals surface area contributed by atoms with Crippen LogP contribution in [0.2, 0.25) is 5.02 Å². The highest BCUT2D eigenvalue weighted by atomic mass is 35.5. The van der Waals surface area contributed by atoms with Crippen molar-refractivity contribution in [2.24, 2.45) is 5.92 Å². The molecule has 1 aromatic heterocycles. The van der Waals surface area contributed by atoms with Crippen LogP contribution in [0.4, 0.5) is 11.8 Å². The fourth-order valence-electron chi connectivity index (χ4n) is 1.58. The van der Waals surface area contributed by atoms with E-state index in [2.05, 4.69) is 53.4 Å². The van der Waals surface area contributed by atoms with Gasteiger partial charge in [0.15, 0.2) is 5.82 Å². The maximum Gasteiger partial charge on any atom is 0.224 e. The van der Waals surface area contributed by atoms with E-state index in [9.17, 15) is 0 Å². The molecule has 0 saturated carbocycles. The summed E-state index contributed by atoms with van der Waals surface area (Å²) in [7, 11) is 5.89. The van der Waals surface area contributed by atoms with Crippen molar-refractivity contribution in [3.63, 3.8) is 0 Å². The number of likely N-dealkylation sites (N-methyl/N-ethyl adjacent to an activating group) is 1. The van der Waals surface area contributed by atoms with E-state index in [0.717, 1.165) is 6.54 Å². The van der Waals surface area contributed by atoms with Gasteiger partial charge in [0, 0.05) is 19.6 Å². The van der Waals surface area contributed by atoms with E-state index in [0.29, 0.717) is 22.7 Å². The highest BCUT2D eigenvalue weighted by Crippen LogP contribution is 2.21. The lowest BCUT2D eigenvalue weighted by atomic mass is 10.0. The molecule has 0 fully saturated rings. The van der Waals surface area contributed by atoms with Gasteiger partial charge in [-0.3, -0.25) is 0 Å². The number of rotatable bonds is 6. The molecule has 1 aromatic rings. The van der Waals surface area contributed by atoms with Crippen molar-refractivity contribution in [3.05, 3.63) is 11.2 Å². The first kappa shape index (κ1) is 15.0. The third-order valence-corrected chi connectivity index (χ3v) is 2.93. The zero-order chi connectivity index (χ0) is 13.7. The second kappa shape index (κ2) is 6.75. The highest BCUT2D eigenvalue weighted by molar-refractivity contribution is 6.32. The maximum atomic E-state index is 6.11. The molecule has 5 nitrogen and oxygen atoms in total. The van der Waals surface area contributed by atoms with Crippen LogP contribution in [0.1, 0.15) is 13.8 Å². The lowest BCUT2D eigenvalue weighted by Gasteiger charge is -2.26. The van der Waals surface area contributed by atoms with Crippen molar-refractivity contribution in [2.45, 2.75) is 19.9 Å². The van der Waals surface area contributed by atoms with Crippen LogP contribution in [0.25, 0.3) is 0 Å². The number of nitrogens with zero attached hydrogens (tertiary/aromatic N) is 3. The van der Waals surface area contributed by atoms with Gasteiger partial charge in [0.25, 0.3) is 0 Å². The van der Waals surface area contributed by atoms with Crippen molar-refractivity contribution < 1.29 is 0 Å². The number of aromatic nitrogens is 2. The highest BCUT2D eigenvalue weighted by Gasteiger charge is 2.16. The summed E-state index contributed by atoms with van der Waals surface area (Å²) in [6, 6.07) is 0.289. The van der Waals surface area contributed by atoms with Gasteiger partial charge in [-0.05, 0) is 20.0 Å². The van der Waals surface area contributed by atoms with E-state index < -0.39 is 0 Å². The minimum Gasteiger partial charge on any atom is -0.364 e. The topological polar surface area (TPSA) is 53.1 Å². The second-order valence-corrected chi connectivity index (χ2v) is 5.30. The number of nitrogens with one attached hydrogen (secondary N) is 2. The molecular weight excluding hydrogens is 250 g/mol. The third kappa shape index (κ3) is 4.31. The molecule has 1 atom stereocenters. The average molecular weight is 272 g/mol. The van der Waals surface area contributed by atoms with E-state index in [1.165, 1.54) is 0 Å². The van der Waals surface area contributed by atoms with Crippen molar-refractivity contribution in [1.82, 2.24) is 14.9 Å². The molecule has 0 bridgehead atoms. The molecule has 1 rings (SSSR count). The van der Waals surface area contributed by atoms with Crippen LogP contribution in [0.15, 0.2) is 6.20 Å². The zero-order valence-corrected chi connectivity index (χ0v) is 12.4. The smallest absolute Gasteiger partial charge is 0.224 e. The molecule has 1 unspecified atom stereocenters. The molecule has 0 aliphatic heterocycles. The monoisotopic (exact) mass is 271 g/mol. The molecule has 0 aliphatic carbocycles. The van der Waals surface area contributed by atoms with E-state index >= 15 is 0 Å². The lowest BCUT2D eigenvalue weighted by Crippen LogP contribution is -2.36. The Balaban J connectivity index is 2.85. The lowest BCUT2D eigenvalue weighted by molar-refractivity contribution is 0.344. The summed E-state index contributed by atoms with van der Waals surface area (Å²) >= 11 is 6.11. The van der Waals surface area contributed by atoms with Gasteiger partial charge in [-0.2, -0.15) is 4.98 Å². The standard InChI is InChI=1S/C12H22ClN5/c1-8(2)10(7-18(4)5)16-11-9(13)6-15-12(14-3)17-11/h6,8,10H,7H2,1-5H3,(H2,14,15,16,17). The van der Waals surface area contributed by atoms with Crippen molar-refractivity contribution >= 4 is 23.4 Å². The molecule has 0 aliphatic rings. The minimum absolute atomic E-state index is 0.289. The summed E-state index contributed by atoms with van der Waals surface area (Å²) in [6.45, 7) is 5.28. The SMILES string of the molecule is CNc1ncc(Cl)c(NC(CN(C)C)C(C)C)n1. The Morgan fingerprint density at radius 2 is 2.06 bits per heavy atom. The maximum absolute atomic E-state index is 6.11. The molecule has 18 heavy (non-hydrogen) atoms. The first-order valence-corrected chi connectivity index (χ1v) is 6.43. The first-order valence-electron chi connectivity index (χ1n) is 6.05. The third-order valence-electron chi connectivity index (χ3n) is 2.66. The Hall–Kier alpha value is -1.07. The number of hydrogen-bond acceptors (Lipinski definition) is 5. The first-order chi connectivity index (χ1) is 8.43. The van der Waals surface area contributed by atoms with Crippen LogP contribution in [0.3, 0.4) is 0 Å². The number of halogens is 1. The summed E-state index contributed by atoms with van der Waals surface area (Å²) in [5.74, 6) is 1.72. The van der Waals surface area contributed by atoms with Crippen LogP contribution in [0, 0.1) is 5.92 Å². The van der Waals surface area contributed by atoms with Crippen molar-refractivity contribution in [3.8, 4) is 0 Å². The predicted molar refractivity (Wildman–Crippen MR) is 77.4 cm³/mol. The van der Waals surface area contributed by atoms with Gasteiger partial charge in [-0.1, -0.05) is 25.4 Å². The van der Waals surface area contributed by atoms with Gasteiger partial charge < -0.3 is 15.5 Å². The average Bonchev–Trinajstić information content (AvgIpc) is 2.30. The quantitative estimate of drug-likeness (QED) is 0.831. The van der Waals surface area contributed by atoms with Crippen LogP contribution in [-0.2, 0) is 0 Å². The minimum atomic E-state index is 0.289. The zero-order valence-electron chi connectivity index (χ0n) is 11.7. The van der Waals surface area contributed by atoms with Crippen molar-refractivity contribution in [2.75, 3.05) is 38.3 Å². The fourth-order valence-corrected chi connectivity index (χ4v) is 1.73. The van der Waals surface area contributed by atoms with Crippen molar-refractivity contribution in [1.29, 1.82) is 0 Å². The Bertz CT molecular complexity index is 381. The predicted octanol–water partition coefficient (Wildman–Crippen LogP) is 2.17. The second-order valence-electron chi connectivity index (χ2n) is 4.90. The molecule has 0 spiro atoms. The van der Waals surface area contributed by atoms with Gasteiger partial charge in [0.05, 0.1) is 6.20 Å². The molecule has 0 amide bonds. The van der Waals surface area contributed by atoms with Crippen LogP contribution < -0.4 is 10.6 Å². The van der Waals surface area contributed by atoms with Crippen LogP contribution in [-0.4, -0.2) is 48.6 Å². The summed E-state index contributed by atoms with van der Waals surface area (Å²) in [6.07, 6.45) is 1.61. The molecular formula is C12H22ClN5. The fraction of sp³-hybridized carbons (Fsp3) is 0.667. The van der Waals surface area contributed by atoms with E-state index in [1.54, 1.807) is 13.2 Å². The van der Waals surface area contributed by atoms with Crippen LogP contribution in [0.5, 0.6) is 0 Å². The Kier molecular flexibility index (Phi) is 5.62. The van der Waals surface area contributed by atoms with E-state index in [-0.39, 0.29) is 6.04 Å². The molecule has 0 saturated heterocycles. The van der Waals surface area contributed by atoms with E-state index in [1.807, 2.05) is 0 Å². The number of anilines is 2. The van der Waals surface area contributed by atoms with E-state index in [4.69, 9.17) is 11.6 Å². The van der Waals surface area contributed by atoms with Gasteiger partial charge >= 0.3 is 0 Å². The summed E-state index contributed by atoms with van der Waals surface area (Å²) in [4.78, 5) is 10.5. The normalized spacial score (nSPS) is 12.9. The Morgan fingerprint density at radius 3 is 2.56 bits per heavy atom. The molecule has 102 valence electrons. The van der Waals surface area contributed by atoms with Crippen LogP contribution >= 0.6 is 11.6 Å². The Labute approximate surface area is 114 Å². The van der Waals surface area contributed by atoms with Gasteiger partial charge in [0.1, 0.15) is 5.02 Å². The summed E-state index contributed by atoms with van der Waals surface area (Å²) in [5, 5.41) is 6.83. The molecule has 1 heterocycles.